The first-order valence-corrected chi connectivity index (χ1v) is 9.10. The number of carbonyl (C=O) groups excluding carboxylic acids is 2. The number of likely N-dealkylation sites (N-methyl/N-ethyl adjacent to an activating group) is 1. The minimum Gasteiger partial charge on any atom is -0.488 e. The van der Waals surface area contributed by atoms with Gasteiger partial charge in [0.15, 0.2) is 0 Å². The largest absolute Gasteiger partial charge is 0.488 e. The van der Waals surface area contributed by atoms with Crippen LogP contribution in [-0.4, -0.2) is 42.6 Å². The Morgan fingerprint density at radius 3 is 2.48 bits per heavy atom. The van der Waals surface area contributed by atoms with Gasteiger partial charge in [0.1, 0.15) is 17.9 Å². The van der Waals surface area contributed by atoms with E-state index in [0.717, 1.165) is 11.3 Å². The van der Waals surface area contributed by atoms with Crippen LogP contribution in [0.15, 0.2) is 54.6 Å². The van der Waals surface area contributed by atoms with Crippen LogP contribution >= 0.6 is 0 Å². The summed E-state index contributed by atoms with van der Waals surface area (Å²) in [4.78, 5) is 26.5. The van der Waals surface area contributed by atoms with Gasteiger partial charge in [0.05, 0.1) is 6.54 Å². The van der Waals surface area contributed by atoms with Crippen LogP contribution in [-0.2, 0) is 11.3 Å². The van der Waals surface area contributed by atoms with Crippen LogP contribution in [0.3, 0.4) is 0 Å². The summed E-state index contributed by atoms with van der Waals surface area (Å²) in [7, 11) is 1.58. The molecular weight excluding hydrogens is 342 g/mol. The molecule has 3 amide bonds. The molecule has 2 aromatic rings. The van der Waals surface area contributed by atoms with Gasteiger partial charge >= 0.3 is 6.03 Å². The van der Waals surface area contributed by atoms with Crippen LogP contribution in [0.2, 0.25) is 0 Å². The standard InChI is InChI=1S/C21H25N3O3/c1-15-8-10-16(11-9-15)13-23-21(26)24-14-18(12-19(24)20(25)22-2)27-17-6-4-3-5-7-17/h3-11,18-19H,12-14H2,1-2H3,(H,22,25)(H,23,26)/t18-,19+/m0/s1. The number of benzene rings is 2. The molecule has 6 heteroatoms. The first kappa shape index (κ1) is 18.8. The van der Waals surface area contributed by atoms with Gasteiger partial charge in [0.25, 0.3) is 0 Å². The summed E-state index contributed by atoms with van der Waals surface area (Å²) >= 11 is 0. The number of rotatable bonds is 5. The molecule has 1 fully saturated rings. The van der Waals surface area contributed by atoms with Crippen molar-refractivity contribution in [2.75, 3.05) is 13.6 Å². The third-order valence-electron chi connectivity index (χ3n) is 4.68. The van der Waals surface area contributed by atoms with Gasteiger partial charge < -0.3 is 20.3 Å². The summed E-state index contributed by atoms with van der Waals surface area (Å²) in [5.41, 5.74) is 2.19. The maximum Gasteiger partial charge on any atom is 0.318 e. The lowest BCUT2D eigenvalue weighted by atomic mass is 10.1. The highest BCUT2D eigenvalue weighted by atomic mass is 16.5. The van der Waals surface area contributed by atoms with E-state index < -0.39 is 6.04 Å². The van der Waals surface area contributed by atoms with E-state index in [1.54, 1.807) is 11.9 Å². The van der Waals surface area contributed by atoms with Crippen molar-refractivity contribution in [2.45, 2.75) is 32.0 Å². The number of hydrogen-bond donors (Lipinski definition) is 2. The van der Waals surface area contributed by atoms with Gasteiger partial charge in [-0.2, -0.15) is 0 Å². The quantitative estimate of drug-likeness (QED) is 0.853. The number of aryl methyl sites for hydroxylation is 1. The summed E-state index contributed by atoms with van der Waals surface area (Å²) < 4.78 is 5.95. The molecule has 0 bridgehead atoms. The predicted octanol–water partition coefficient (Wildman–Crippen LogP) is 2.47. The van der Waals surface area contributed by atoms with E-state index >= 15 is 0 Å². The van der Waals surface area contributed by atoms with Crippen LogP contribution in [0.1, 0.15) is 17.5 Å². The molecule has 1 heterocycles. The second-order valence-corrected chi connectivity index (χ2v) is 6.72. The number of amides is 3. The van der Waals surface area contributed by atoms with Crippen molar-refractivity contribution in [1.82, 2.24) is 15.5 Å². The van der Waals surface area contributed by atoms with Crippen molar-refractivity contribution in [3.63, 3.8) is 0 Å². The summed E-state index contributed by atoms with van der Waals surface area (Å²) in [6.07, 6.45) is 0.242. The van der Waals surface area contributed by atoms with Crippen molar-refractivity contribution in [2.24, 2.45) is 0 Å². The zero-order valence-corrected chi connectivity index (χ0v) is 15.6. The Morgan fingerprint density at radius 1 is 1.11 bits per heavy atom. The fourth-order valence-electron chi connectivity index (χ4n) is 3.20. The van der Waals surface area contributed by atoms with Crippen molar-refractivity contribution in [1.29, 1.82) is 0 Å². The van der Waals surface area contributed by atoms with Gasteiger partial charge in [-0.05, 0) is 24.6 Å². The van der Waals surface area contributed by atoms with E-state index in [1.807, 2.05) is 61.5 Å². The molecule has 1 saturated heterocycles. The predicted molar refractivity (Wildman–Crippen MR) is 103 cm³/mol. The van der Waals surface area contributed by atoms with Crippen LogP contribution in [0.5, 0.6) is 5.75 Å². The molecule has 2 atom stereocenters. The zero-order valence-electron chi connectivity index (χ0n) is 15.6. The Morgan fingerprint density at radius 2 is 1.81 bits per heavy atom. The molecule has 0 aliphatic carbocycles. The number of hydrogen-bond acceptors (Lipinski definition) is 3. The second kappa shape index (κ2) is 8.58. The molecular formula is C21H25N3O3. The number of urea groups is 1. The third kappa shape index (κ3) is 4.78. The van der Waals surface area contributed by atoms with Crippen LogP contribution in [0.25, 0.3) is 0 Å². The molecule has 3 rings (SSSR count). The Balaban J connectivity index is 1.64. The number of nitrogens with one attached hydrogen (secondary N) is 2. The molecule has 0 saturated carbocycles. The molecule has 142 valence electrons. The van der Waals surface area contributed by atoms with Crippen molar-refractivity contribution in [3.8, 4) is 5.75 Å². The molecule has 2 aromatic carbocycles. The van der Waals surface area contributed by atoms with Gasteiger partial charge in [0, 0.05) is 20.0 Å². The maximum absolute atomic E-state index is 12.7. The van der Waals surface area contributed by atoms with Crippen molar-refractivity contribution < 1.29 is 14.3 Å². The minimum absolute atomic E-state index is 0.181. The molecule has 27 heavy (non-hydrogen) atoms. The Hall–Kier alpha value is -3.02. The average molecular weight is 367 g/mol. The maximum atomic E-state index is 12.7. The van der Waals surface area contributed by atoms with E-state index in [-0.39, 0.29) is 18.0 Å². The number of ether oxygens (including phenoxy) is 1. The Kier molecular flexibility index (Phi) is 5.96. The minimum atomic E-state index is -0.540. The Labute approximate surface area is 159 Å². The van der Waals surface area contributed by atoms with E-state index in [2.05, 4.69) is 10.6 Å². The third-order valence-corrected chi connectivity index (χ3v) is 4.68. The summed E-state index contributed by atoms with van der Waals surface area (Å²) in [6.45, 7) is 2.81. The molecule has 6 nitrogen and oxygen atoms in total. The number of nitrogens with zero attached hydrogens (tertiary/aromatic N) is 1. The highest BCUT2D eigenvalue weighted by Gasteiger charge is 2.40. The van der Waals surface area contributed by atoms with E-state index in [1.165, 1.54) is 5.56 Å². The number of para-hydroxylation sites is 1. The zero-order chi connectivity index (χ0) is 19.2. The van der Waals surface area contributed by atoms with Crippen molar-refractivity contribution in [3.05, 3.63) is 65.7 Å². The summed E-state index contributed by atoms with van der Waals surface area (Å²) in [6, 6.07) is 16.6. The van der Waals surface area contributed by atoms with Gasteiger partial charge in [-0.1, -0.05) is 48.0 Å². The highest BCUT2D eigenvalue weighted by Crippen LogP contribution is 2.23. The second-order valence-electron chi connectivity index (χ2n) is 6.72. The fourth-order valence-corrected chi connectivity index (χ4v) is 3.20. The molecule has 1 aliphatic heterocycles. The van der Waals surface area contributed by atoms with Gasteiger partial charge in [-0.15, -0.1) is 0 Å². The smallest absolute Gasteiger partial charge is 0.318 e. The molecule has 1 aliphatic rings. The van der Waals surface area contributed by atoms with Gasteiger partial charge in [0.2, 0.25) is 5.91 Å². The molecule has 0 radical (unpaired) electrons. The van der Waals surface area contributed by atoms with E-state index in [0.29, 0.717) is 19.5 Å². The molecule has 0 aromatic heterocycles. The lowest BCUT2D eigenvalue weighted by Crippen LogP contribution is -2.48. The normalized spacial score (nSPS) is 18.8. The van der Waals surface area contributed by atoms with Crippen LogP contribution in [0, 0.1) is 6.92 Å². The first-order chi connectivity index (χ1) is 13.1. The lowest BCUT2D eigenvalue weighted by Gasteiger charge is -2.23. The van der Waals surface area contributed by atoms with E-state index in [4.69, 9.17) is 4.74 Å². The SMILES string of the molecule is CNC(=O)[C@H]1C[C@H](Oc2ccccc2)CN1C(=O)NCc1ccc(C)cc1. The number of likely N-dealkylation sites (tertiary alicyclic amines) is 1. The molecule has 0 unspecified atom stereocenters. The lowest BCUT2D eigenvalue weighted by molar-refractivity contribution is -0.124. The monoisotopic (exact) mass is 367 g/mol. The Bertz CT molecular complexity index is 777. The van der Waals surface area contributed by atoms with Crippen LogP contribution < -0.4 is 15.4 Å². The van der Waals surface area contributed by atoms with Gasteiger partial charge in [-0.25, -0.2) is 4.79 Å². The van der Waals surface area contributed by atoms with E-state index in [9.17, 15) is 9.59 Å². The first-order valence-electron chi connectivity index (χ1n) is 9.10. The summed E-state index contributed by atoms with van der Waals surface area (Å²) in [5.74, 6) is 0.555. The molecule has 2 N–H and O–H groups in total. The highest BCUT2D eigenvalue weighted by molar-refractivity contribution is 5.87. The molecule has 0 spiro atoms. The topological polar surface area (TPSA) is 70.7 Å². The van der Waals surface area contributed by atoms with Crippen LogP contribution in [0.4, 0.5) is 4.79 Å². The van der Waals surface area contributed by atoms with Crippen molar-refractivity contribution >= 4 is 11.9 Å². The fraction of sp³-hybridized carbons (Fsp3) is 0.333. The van der Waals surface area contributed by atoms with Gasteiger partial charge in [-0.3, -0.25) is 4.79 Å². The number of carbonyl (C=O) groups is 2. The average Bonchev–Trinajstić information content (AvgIpc) is 3.11. The summed E-state index contributed by atoms with van der Waals surface area (Å²) in [5, 5.41) is 5.55.